The Morgan fingerprint density at radius 3 is 2.74 bits per heavy atom. The van der Waals surface area contributed by atoms with Gasteiger partial charge in [0.05, 0.1) is 5.52 Å². The van der Waals surface area contributed by atoms with Gasteiger partial charge in [0.15, 0.2) is 5.69 Å². The fraction of sp³-hybridized carbons (Fsp3) is 0.565. The van der Waals surface area contributed by atoms with Crippen LogP contribution in [0, 0.1) is 11.8 Å². The smallest absolute Gasteiger partial charge is 0.269 e. The van der Waals surface area contributed by atoms with Gasteiger partial charge in [-0.1, -0.05) is 38.0 Å². The molecule has 1 aromatic carbocycles. The van der Waals surface area contributed by atoms with Crippen LogP contribution < -0.4 is 11.1 Å². The fourth-order valence-corrected chi connectivity index (χ4v) is 5.55. The van der Waals surface area contributed by atoms with Crippen molar-refractivity contribution in [1.29, 1.82) is 0 Å². The Hall–Kier alpha value is -2.90. The minimum atomic E-state index is -0.621. The molecule has 1 saturated heterocycles. The van der Waals surface area contributed by atoms with Gasteiger partial charge >= 0.3 is 0 Å². The van der Waals surface area contributed by atoms with Gasteiger partial charge in [-0.2, -0.15) is 5.10 Å². The highest BCUT2D eigenvalue weighted by atomic mass is 16.2. The fourth-order valence-electron chi connectivity index (χ4n) is 5.55. The highest BCUT2D eigenvalue weighted by Crippen LogP contribution is 2.48. The summed E-state index contributed by atoms with van der Waals surface area (Å²) in [6, 6.07) is 7.18. The first kappa shape index (κ1) is 20.0. The second-order valence-electron chi connectivity index (χ2n) is 9.48. The molecule has 8 heteroatoms. The zero-order valence-corrected chi connectivity index (χ0v) is 17.8. The van der Waals surface area contributed by atoms with E-state index in [0.717, 1.165) is 32.1 Å². The van der Waals surface area contributed by atoms with Crippen molar-refractivity contribution in [2.45, 2.75) is 70.1 Å². The SMILES string of the molecule is C[C@@H]1CCCC(NC(=O)[C@@H]2C[C@H]3C[C@H]3N2C(=O)Cn2nc(C(N)=O)c3ccccc32)C1. The van der Waals surface area contributed by atoms with Crippen molar-refractivity contribution < 1.29 is 14.4 Å². The van der Waals surface area contributed by atoms with Crippen molar-refractivity contribution in [1.82, 2.24) is 20.0 Å². The second kappa shape index (κ2) is 7.66. The molecule has 1 aliphatic heterocycles. The number of primary amides is 1. The number of hydrogen-bond donors (Lipinski definition) is 2. The maximum absolute atomic E-state index is 13.3. The molecule has 1 unspecified atom stereocenters. The molecule has 2 saturated carbocycles. The Kier molecular flexibility index (Phi) is 4.95. The summed E-state index contributed by atoms with van der Waals surface area (Å²) in [6.45, 7) is 2.22. The molecule has 2 aliphatic carbocycles. The molecule has 0 spiro atoms. The van der Waals surface area contributed by atoms with Crippen molar-refractivity contribution in [3.63, 3.8) is 0 Å². The lowest BCUT2D eigenvalue weighted by molar-refractivity contribution is -0.140. The van der Waals surface area contributed by atoms with Gasteiger partial charge in [0.1, 0.15) is 12.6 Å². The number of likely N-dealkylation sites (tertiary alicyclic amines) is 1. The van der Waals surface area contributed by atoms with E-state index in [-0.39, 0.29) is 36.1 Å². The lowest BCUT2D eigenvalue weighted by Crippen LogP contribution is -2.51. The molecule has 2 heterocycles. The Morgan fingerprint density at radius 2 is 1.97 bits per heavy atom. The van der Waals surface area contributed by atoms with Gasteiger partial charge in [-0.25, -0.2) is 0 Å². The summed E-state index contributed by atoms with van der Waals surface area (Å²) in [4.78, 5) is 39.9. The third-order valence-electron chi connectivity index (χ3n) is 7.15. The summed E-state index contributed by atoms with van der Waals surface area (Å²) in [6.07, 6.45) is 6.07. The molecule has 31 heavy (non-hydrogen) atoms. The van der Waals surface area contributed by atoms with Crippen molar-refractivity contribution in [3.05, 3.63) is 30.0 Å². The van der Waals surface area contributed by atoms with Gasteiger partial charge in [0.2, 0.25) is 11.8 Å². The van der Waals surface area contributed by atoms with Gasteiger partial charge in [-0.3, -0.25) is 19.1 Å². The quantitative estimate of drug-likeness (QED) is 0.764. The van der Waals surface area contributed by atoms with E-state index in [1.807, 2.05) is 18.2 Å². The highest BCUT2D eigenvalue weighted by molar-refractivity contribution is 6.04. The standard InChI is InChI=1S/C23H29N5O3/c1-13-5-4-6-15(9-13)25-23(31)19-11-14-10-18(14)28(19)20(29)12-27-17-8-3-2-7-16(17)21(26-27)22(24)30/h2-3,7-8,13-15,18-19H,4-6,9-12H2,1H3,(H2,24,30)(H,25,31)/t13-,14-,15?,18-,19+/m1/s1. The Balaban J connectivity index is 1.33. The van der Waals surface area contributed by atoms with E-state index in [1.54, 1.807) is 11.0 Å². The third-order valence-corrected chi connectivity index (χ3v) is 7.15. The van der Waals surface area contributed by atoms with Crippen LogP contribution in [0.1, 0.15) is 55.9 Å². The van der Waals surface area contributed by atoms with Crippen LogP contribution in [0.15, 0.2) is 24.3 Å². The van der Waals surface area contributed by atoms with Crippen LogP contribution >= 0.6 is 0 Å². The first-order valence-corrected chi connectivity index (χ1v) is 11.3. The van der Waals surface area contributed by atoms with Crippen molar-refractivity contribution in [2.24, 2.45) is 17.6 Å². The zero-order chi connectivity index (χ0) is 21.7. The minimum Gasteiger partial charge on any atom is -0.364 e. The van der Waals surface area contributed by atoms with Crippen molar-refractivity contribution >= 4 is 28.6 Å². The number of carbonyl (C=O) groups is 3. The van der Waals surface area contributed by atoms with E-state index >= 15 is 0 Å². The highest BCUT2D eigenvalue weighted by Gasteiger charge is 2.56. The molecule has 2 aromatic rings. The predicted octanol–water partition coefficient (Wildman–Crippen LogP) is 1.82. The average Bonchev–Trinajstić information content (AvgIpc) is 3.24. The van der Waals surface area contributed by atoms with Gasteiger partial charge in [0, 0.05) is 17.5 Å². The number of amides is 3. The number of nitrogens with zero attached hydrogens (tertiary/aromatic N) is 3. The number of para-hydroxylation sites is 1. The molecule has 0 radical (unpaired) electrons. The number of hydrogen-bond acceptors (Lipinski definition) is 4. The maximum atomic E-state index is 13.3. The van der Waals surface area contributed by atoms with Crippen LogP contribution in [-0.4, -0.2) is 50.5 Å². The molecule has 3 amide bonds. The molecule has 164 valence electrons. The Bertz CT molecular complexity index is 1050. The van der Waals surface area contributed by atoms with E-state index in [9.17, 15) is 14.4 Å². The molecular weight excluding hydrogens is 394 g/mol. The van der Waals surface area contributed by atoms with E-state index in [4.69, 9.17) is 5.73 Å². The molecule has 8 nitrogen and oxygen atoms in total. The number of benzene rings is 1. The van der Waals surface area contributed by atoms with Crippen molar-refractivity contribution in [3.8, 4) is 0 Å². The molecular formula is C23H29N5O3. The second-order valence-corrected chi connectivity index (χ2v) is 9.48. The molecule has 3 N–H and O–H groups in total. The van der Waals surface area contributed by atoms with Gasteiger partial charge in [0.25, 0.3) is 5.91 Å². The van der Waals surface area contributed by atoms with E-state index < -0.39 is 11.9 Å². The third kappa shape index (κ3) is 3.68. The number of piperidine rings is 1. The summed E-state index contributed by atoms with van der Waals surface area (Å²) >= 11 is 0. The van der Waals surface area contributed by atoms with Gasteiger partial charge < -0.3 is 16.0 Å². The number of nitrogens with one attached hydrogen (secondary N) is 1. The summed E-state index contributed by atoms with van der Waals surface area (Å²) in [5.74, 6) is 0.265. The van der Waals surface area contributed by atoms with Crippen LogP contribution in [0.25, 0.3) is 10.9 Å². The number of fused-ring (bicyclic) bond motifs is 2. The van der Waals surface area contributed by atoms with Crippen LogP contribution in [0.3, 0.4) is 0 Å². The van der Waals surface area contributed by atoms with Gasteiger partial charge in [-0.15, -0.1) is 0 Å². The largest absolute Gasteiger partial charge is 0.364 e. The molecule has 5 rings (SSSR count). The predicted molar refractivity (Wildman–Crippen MR) is 115 cm³/mol. The van der Waals surface area contributed by atoms with Crippen LogP contribution in [0.4, 0.5) is 0 Å². The molecule has 1 aromatic heterocycles. The Morgan fingerprint density at radius 1 is 1.16 bits per heavy atom. The van der Waals surface area contributed by atoms with Crippen LogP contribution in [0.5, 0.6) is 0 Å². The Labute approximate surface area is 181 Å². The molecule has 5 atom stereocenters. The van der Waals surface area contributed by atoms with Crippen LogP contribution in [-0.2, 0) is 16.1 Å². The summed E-state index contributed by atoms with van der Waals surface area (Å²) in [5.41, 5.74) is 6.32. The first-order chi connectivity index (χ1) is 14.9. The summed E-state index contributed by atoms with van der Waals surface area (Å²) < 4.78 is 1.53. The maximum Gasteiger partial charge on any atom is 0.269 e. The lowest BCUT2D eigenvalue weighted by atomic mass is 9.87. The zero-order valence-electron chi connectivity index (χ0n) is 17.8. The van der Waals surface area contributed by atoms with Gasteiger partial charge in [-0.05, 0) is 43.6 Å². The van der Waals surface area contributed by atoms with Crippen LogP contribution in [0.2, 0.25) is 0 Å². The monoisotopic (exact) mass is 423 g/mol. The first-order valence-electron chi connectivity index (χ1n) is 11.3. The van der Waals surface area contributed by atoms with E-state index in [1.165, 1.54) is 11.1 Å². The van der Waals surface area contributed by atoms with E-state index in [2.05, 4.69) is 17.3 Å². The molecule has 3 fully saturated rings. The number of aromatic nitrogens is 2. The molecule has 0 bridgehead atoms. The normalized spacial score (nSPS) is 29.6. The van der Waals surface area contributed by atoms with Crippen molar-refractivity contribution in [2.75, 3.05) is 0 Å². The summed E-state index contributed by atoms with van der Waals surface area (Å²) in [7, 11) is 0. The average molecular weight is 424 g/mol. The number of rotatable bonds is 5. The van der Waals surface area contributed by atoms with E-state index in [0.29, 0.717) is 22.7 Å². The topological polar surface area (TPSA) is 110 Å². The molecule has 3 aliphatic rings. The summed E-state index contributed by atoms with van der Waals surface area (Å²) in [5, 5.41) is 8.15. The number of carbonyl (C=O) groups excluding carboxylic acids is 3. The minimum absolute atomic E-state index is 0.0126. The number of nitrogens with two attached hydrogens (primary N) is 1. The lowest BCUT2D eigenvalue weighted by Gasteiger charge is -2.31.